The average Bonchev–Trinajstić information content (AvgIpc) is 3.02. The smallest absolute Gasteiger partial charge is 0.425 e. The van der Waals surface area contributed by atoms with Gasteiger partial charge in [-0.25, -0.2) is 14.1 Å². The van der Waals surface area contributed by atoms with Crippen molar-refractivity contribution in [2.24, 2.45) is 0 Å². The van der Waals surface area contributed by atoms with Gasteiger partial charge >= 0.3 is 6.09 Å². The number of alkyl halides is 1. The lowest BCUT2D eigenvalue weighted by molar-refractivity contribution is 0.210. The molecule has 0 spiro atoms. The third kappa shape index (κ3) is 3.83. The zero-order chi connectivity index (χ0) is 18.4. The highest BCUT2D eigenvalue weighted by atomic mass is 19.1. The van der Waals surface area contributed by atoms with Gasteiger partial charge in [0.2, 0.25) is 5.88 Å². The fourth-order valence-corrected chi connectivity index (χ4v) is 2.40. The summed E-state index contributed by atoms with van der Waals surface area (Å²) in [5.41, 5.74) is 1.17. The molecule has 0 atom stereocenters. The van der Waals surface area contributed by atoms with Crippen LogP contribution in [-0.4, -0.2) is 29.6 Å². The van der Waals surface area contributed by atoms with Crippen molar-refractivity contribution >= 4 is 17.6 Å². The predicted molar refractivity (Wildman–Crippen MR) is 95.8 cm³/mol. The third-order valence-electron chi connectivity index (χ3n) is 3.62. The number of hydrogen-bond acceptors (Lipinski definition) is 4. The largest absolute Gasteiger partial charge is 0.474 e. The Kier molecular flexibility index (Phi) is 5.48. The summed E-state index contributed by atoms with van der Waals surface area (Å²) in [6, 6.07) is 17.8. The van der Waals surface area contributed by atoms with Gasteiger partial charge in [0, 0.05) is 0 Å². The third-order valence-corrected chi connectivity index (χ3v) is 3.62. The molecule has 1 heterocycles. The van der Waals surface area contributed by atoms with Crippen molar-refractivity contribution in [1.82, 2.24) is 10.2 Å². The molecular weight excluding hydrogens is 337 g/mol. The summed E-state index contributed by atoms with van der Waals surface area (Å²) in [5.74, 6) is 1.06. The van der Waals surface area contributed by atoms with Crippen LogP contribution < -0.4 is 14.4 Å². The Hall–Kier alpha value is -3.35. The van der Waals surface area contributed by atoms with E-state index in [9.17, 15) is 9.18 Å². The van der Waals surface area contributed by atoms with Crippen molar-refractivity contribution in [3.63, 3.8) is 0 Å². The molecule has 0 aliphatic carbocycles. The molecule has 6 nitrogen and oxygen atoms in total. The average molecular weight is 355 g/mol. The highest BCUT2D eigenvalue weighted by molar-refractivity contribution is 5.97. The molecule has 1 N–H and O–H groups in total. The molecule has 0 fully saturated rings. The van der Waals surface area contributed by atoms with Gasteiger partial charge in [0.15, 0.2) is 0 Å². The van der Waals surface area contributed by atoms with E-state index in [0.29, 0.717) is 22.8 Å². The number of nitrogens with one attached hydrogen (secondary N) is 1. The number of carbonyl (C=O) groups excluding carboxylic acids is 1. The van der Waals surface area contributed by atoms with E-state index >= 15 is 0 Å². The van der Waals surface area contributed by atoms with Crippen LogP contribution in [0.2, 0.25) is 0 Å². The van der Waals surface area contributed by atoms with Gasteiger partial charge in [0.25, 0.3) is 0 Å². The zero-order valence-corrected chi connectivity index (χ0v) is 14.2. The summed E-state index contributed by atoms with van der Waals surface area (Å²) >= 11 is 0. The second-order valence-electron chi connectivity index (χ2n) is 5.39. The van der Waals surface area contributed by atoms with Crippen LogP contribution >= 0.6 is 0 Å². The Labute approximate surface area is 150 Å². The van der Waals surface area contributed by atoms with Crippen molar-refractivity contribution in [2.45, 2.75) is 6.92 Å². The molecule has 0 aliphatic rings. The summed E-state index contributed by atoms with van der Waals surface area (Å²) < 4.78 is 23.1. The number of aromatic nitrogens is 2. The number of H-pyrrole nitrogens is 1. The van der Waals surface area contributed by atoms with Crippen molar-refractivity contribution in [2.75, 3.05) is 18.2 Å². The van der Waals surface area contributed by atoms with Crippen LogP contribution in [-0.2, 0) is 0 Å². The molecule has 0 bridgehead atoms. The highest BCUT2D eigenvalue weighted by Gasteiger charge is 2.25. The lowest BCUT2D eigenvalue weighted by Gasteiger charge is -2.21. The number of anilines is 2. The first-order chi connectivity index (χ1) is 12.7. The van der Waals surface area contributed by atoms with Crippen LogP contribution in [0.15, 0.2) is 60.7 Å². The van der Waals surface area contributed by atoms with E-state index in [-0.39, 0.29) is 12.5 Å². The van der Waals surface area contributed by atoms with Crippen LogP contribution in [0.4, 0.5) is 20.7 Å². The molecule has 3 aromatic rings. The van der Waals surface area contributed by atoms with Crippen LogP contribution in [0.1, 0.15) is 5.56 Å². The summed E-state index contributed by atoms with van der Waals surface area (Å²) in [6.45, 7) is 1.00. The van der Waals surface area contributed by atoms with Gasteiger partial charge in [-0.15, -0.1) is 5.10 Å². The number of rotatable bonds is 6. The van der Waals surface area contributed by atoms with Crippen molar-refractivity contribution in [1.29, 1.82) is 0 Å². The van der Waals surface area contributed by atoms with E-state index in [1.807, 2.05) is 24.3 Å². The molecule has 2 aromatic carbocycles. The molecule has 1 aromatic heterocycles. The Morgan fingerprint density at radius 2 is 1.77 bits per heavy atom. The number of halogens is 1. The second-order valence-corrected chi connectivity index (χ2v) is 5.39. The summed E-state index contributed by atoms with van der Waals surface area (Å²) in [6.07, 6.45) is -0.605. The molecule has 26 heavy (non-hydrogen) atoms. The fourth-order valence-electron chi connectivity index (χ4n) is 2.40. The van der Waals surface area contributed by atoms with E-state index in [4.69, 9.17) is 9.47 Å². The fraction of sp³-hybridized carbons (Fsp3) is 0.158. The maximum absolute atomic E-state index is 12.8. The molecule has 0 radical (unpaired) electrons. The van der Waals surface area contributed by atoms with E-state index in [2.05, 4.69) is 10.2 Å². The minimum absolute atomic E-state index is 0.106. The monoisotopic (exact) mass is 355 g/mol. The first-order valence-electron chi connectivity index (χ1n) is 8.06. The van der Waals surface area contributed by atoms with Crippen LogP contribution in [0.5, 0.6) is 11.6 Å². The van der Waals surface area contributed by atoms with Crippen molar-refractivity contribution in [3.05, 3.63) is 66.2 Å². The first kappa shape index (κ1) is 17.5. The number of hydrogen-bond donors (Lipinski definition) is 1. The molecule has 7 heteroatoms. The second kappa shape index (κ2) is 8.15. The molecule has 0 saturated heterocycles. The molecule has 134 valence electrons. The summed E-state index contributed by atoms with van der Waals surface area (Å²) in [5, 5.41) is 6.80. The van der Waals surface area contributed by atoms with Gasteiger partial charge < -0.3 is 9.47 Å². The Morgan fingerprint density at radius 1 is 1.12 bits per heavy atom. The number of aromatic amines is 1. The van der Waals surface area contributed by atoms with Gasteiger partial charge in [0.1, 0.15) is 24.8 Å². The van der Waals surface area contributed by atoms with Crippen LogP contribution in [0.25, 0.3) is 0 Å². The number of para-hydroxylation sites is 2. The Balaban J connectivity index is 1.94. The van der Waals surface area contributed by atoms with Crippen molar-refractivity contribution in [3.8, 4) is 11.6 Å². The first-order valence-corrected chi connectivity index (χ1v) is 8.06. The minimum Gasteiger partial charge on any atom is -0.474 e. The van der Waals surface area contributed by atoms with Crippen molar-refractivity contribution < 1.29 is 18.7 Å². The SMILES string of the molecule is Cc1c(OCCF)n[nH]c1N(C(=O)Oc1ccccc1)c1ccccc1. The van der Waals surface area contributed by atoms with Gasteiger partial charge in [-0.3, -0.25) is 5.10 Å². The molecule has 3 rings (SSSR count). The number of benzene rings is 2. The topological polar surface area (TPSA) is 67.5 Å². The maximum atomic E-state index is 12.8. The highest BCUT2D eigenvalue weighted by Crippen LogP contribution is 2.32. The Morgan fingerprint density at radius 3 is 2.42 bits per heavy atom. The van der Waals surface area contributed by atoms with E-state index in [1.54, 1.807) is 43.3 Å². The maximum Gasteiger partial charge on any atom is 0.425 e. The molecule has 0 saturated carbocycles. The predicted octanol–water partition coefficient (Wildman–Crippen LogP) is 4.40. The number of amides is 1. The summed E-state index contributed by atoms with van der Waals surface area (Å²) in [4.78, 5) is 14.2. The quantitative estimate of drug-likeness (QED) is 0.711. The molecule has 0 aliphatic heterocycles. The van der Waals surface area contributed by atoms with Gasteiger partial charge in [0.05, 0.1) is 11.3 Å². The molecule has 1 amide bonds. The van der Waals surface area contributed by atoms with Gasteiger partial charge in [-0.05, 0) is 31.2 Å². The van der Waals surface area contributed by atoms with Gasteiger partial charge in [-0.1, -0.05) is 36.4 Å². The lowest BCUT2D eigenvalue weighted by Crippen LogP contribution is -2.30. The Bertz CT molecular complexity index is 853. The standard InChI is InChI=1S/C19H18FN3O3/c1-14-17(21-22-18(14)25-13-12-20)23(15-8-4-2-5-9-15)19(24)26-16-10-6-3-7-11-16/h2-11H,12-13H2,1H3,(H,21,22). The molecular formula is C19H18FN3O3. The molecule has 0 unspecified atom stereocenters. The lowest BCUT2D eigenvalue weighted by atomic mass is 10.2. The van der Waals surface area contributed by atoms with Gasteiger partial charge in [-0.2, -0.15) is 0 Å². The van der Waals surface area contributed by atoms with E-state index in [0.717, 1.165) is 0 Å². The van der Waals surface area contributed by atoms with Crippen LogP contribution in [0.3, 0.4) is 0 Å². The zero-order valence-electron chi connectivity index (χ0n) is 14.2. The van der Waals surface area contributed by atoms with E-state index in [1.165, 1.54) is 4.90 Å². The summed E-state index contributed by atoms with van der Waals surface area (Å²) in [7, 11) is 0. The minimum atomic E-state index is -0.625. The van der Waals surface area contributed by atoms with Crippen LogP contribution in [0, 0.1) is 6.92 Å². The number of carbonyl (C=O) groups is 1. The normalized spacial score (nSPS) is 10.4. The van der Waals surface area contributed by atoms with E-state index < -0.39 is 12.8 Å². The number of nitrogens with zero attached hydrogens (tertiary/aromatic N) is 2. The number of ether oxygens (including phenoxy) is 2.